The van der Waals surface area contributed by atoms with E-state index in [1.54, 1.807) is 19.2 Å². The maximum Gasteiger partial charge on any atom is 0.225 e. The third kappa shape index (κ3) is 5.41. The molecule has 0 bridgehead atoms. The number of hydrogen-bond donors (Lipinski definition) is 0. The second-order valence-electron chi connectivity index (χ2n) is 4.30. The molecule has 0 saturated carbocycles. The van der Waals surface area contributed by atoms with E-state index in [0.717, 1.165) is 5.56 Å². The van der Waals surface area contributed by atoms with Crippen molar-refractivity contribution in [2.24, 2.45) is 0 Å². The fourth-order valence-corrected chi connectivity index (χ4v) is 1.58. The molecule has 104 valence electrons. The van der Waals surface area contributed by atoms with Crippen molar-refractivity contribution >= 4 is 5.91 Å². The number of nitriles is 2. The highest BCUT2D eigenvalue weighted by Gasteiger charge is 2.08. The summed E-state index contributed by atoms with van der Waals surface area (Å²) in [7, 11) is 1.68. The van der Waals surface area contributed by atoms with Gasteiger partial charge in [0, 0.05) is 13.6 Å². The minimum absolute atomic E-state index is 0.0404. The number of carbonyl (C=O) groups excluding carboxylic acids is 1. The minimum Gasteiger partial charge on any atom is -0.493 e. The molecule has 0 heterocycles. The SMILES string of the molecule is CN(CCC#N)C(=O)CCOc1ccc(CC#N)cc1. The Labute approximate surface area is 119 Å². The Morgan fingerprint density at radius 2 is 1.95 bits per heavy atom. The third-order valence-corrected chi connectivity index (χ3v) is 2.78. The summed E-state index contributed by atoms with van der Waals surface area (Å²) in [5.74, 6) is 0.639. The van der Waals surface area contributed by atoms with E-state index in [0.29, 0.717) is 31.7 Å². The molecule has 5 heteroatoms. The predicted octanol–water partition coefficient (Wildman–Crippen LogP) is 1.89. The Bertz CT molecular complexity index is 511. The van der Waals surface area contributed by atoms with Crippen LogP contribution < -0.4 is 4.74 Å². The summed E-state index contributed by atoms with van der Waals surface area (Å²) in [5.41, 5.74) is 0.937. The molecule has 5 nitrogen and oxygen atoms in total. The first-order valence-electron chi connectivity index (χ1n) is 6.37. The topological polar surface area (TPSA) is 77.1 Å². The van der Waals surface area contributed by atoms with Gasteiger partial charge >= 0.3 is 0 Å². The molecule has 0 aliphatic heterocycles. The predicted molar refractivity (Wildman–Crippen MR) is 73.7 cm³/mol. The maximum absolute atomic E-state index is 11.7. The molecule has 1 amide bonds. The normalized spacial score (nSPS) is 9.35. The van der Waals surface area contributed by atoms with Gasteiger partial charge in [0.15, 0.2) is 0 Å². The summed E-state index contributed by atoms with van der Waals surface area (Å²) >= 11 is 0. The van der Waals surface area contributed by atoms with Crippen molar-refractivity contribution < 1.29 is 9.53 Å². The highest BCUT2D eigenvalue weighted by Crippen LogP contribution is 2.12. The van der Waals surface area contributed by atoms with Crippen molar-refractivity contribution in [2.75, 3.05) is 20.2 Å². The summed E-state index contributed by atoms with van der Waals surface area (Å²) in [6.07, 6.45) is 0.994. The molecule has 0 N–H and O–H groups in total. The Kier molecular flexibility index (Phi) is 6.64. The van der Waals surface area contributed by atoms with Crippen LogP contribution in [0.2, 0.25) is 0 Å². The summed E-state index contributed by atoms with van der Waals surface area (Å²) in [4.78, 5) is 13.2. The van der Waals surface area contributed by atoms with Crippen LogP contribution in [-0.2, 0) is 11.2 Å². The zero-order valence-corrected chi connectivity index (χ0v) is 11.5. The number of benzene rings is 1. The highest BCUT2D eigenvalue weighted by molar-refractivity contribution is 5.75. The Morgan fingerprint density at radius 1 is 1.25 bits per heavy atom. The molecule has 1 aromatic carbocycles. The molecule has 0 aromatic heterocycles. The molecule has 0 unspecified atom stereocenters. The summed E-state index contributed by atoms with van der Waals surface area (Å²) < 4.78 is 5.47. The average molecular weight is 271 g/mol. The fourth-order valence-electron chi connectivity index (χ4n) is 1.58. The first-order chi connectivity index (χ1) is 9.67. The molecule has 0 aliphatic rings. The van der Waals surface area contributed by atoms with Crippen molar-refractivity contribution in [3.63, 3.8) is 0 Å². The lowest BCUT2D eigenvalue weighted by Crippen LogP contribution is -2.28. The van der Waals surface area contributed by atoms with Gasteiger partial charge in [-0.2, -0.15) is 10.5 Å². The van der Waals surface area contributed by atoms with Gasteiger partial charge in [0.25, 0.3) is 0 Å². The fraction of sp³-hybridized carbons (Fsp3) is 0.400. The molecule has 0 saturated heterocycles. The lowest BCUT2D eigenvalue weighted by atomic mass is 10.2. The van der Waals surface area contributed by atoms with Crippen molar-refractivity contribution in [1.82, 2.24) is 4.90 Å². The van der Waals surface area contributed by atoms with Gasteiger partial charge in [-0.05, 0) is 17.7 Å². The number of nitrogens with zero attached hydrogens (tertiary/aromatic N) is 3. The van der Waals surface area contributed by atoms with Gasteiger partial charge in [0.2, 0.25) is 5.91 Å². The number of amides is 1. The summed E-state index contributed by atoms with van der Waals surface area (Å²) in [5, 5.41) is 17.0. The number of hydrogen-bond acceptors (Lipinski definition) is 4. The second kappa shape index (κ2) is 8.55. The van der Waals surface area contributed by atoms with E-state index < -0.39 is 0 Å². The Balaban J connectivity index is 2.32. The molecule has 0 fully saturated rings. The van der Waals surface area contributed by atoms with Gasteiger partial charge in [0.1, 0.15) is 5.75 Å². The molecular formula is C15H17N3O2. The molecular weight excluding hydrogens is 254 g/mol. The van der Waals surface area contributed by atoms with Crippen LogP contribution in [0.5, 0.6) is 5.75 Å². The highest BCUT2D eigenvalue weighted by atomic mass is 16.5. The van der Waals surface area contributed by atoms with E-state index in [9.17, 15) is 4.79 Å². The largest absolute Gasteiger partial charge is 0.493 e. The van der Waals surface area contributed by atoms with Crippen molar-refractivity contribution in [3.8, 4) is 17.9 Å². The van der Waals surface area contributed by atoms with Gasteiger partial charge in [-0.25, -0.2) is 0 Å². The maximum atomic E-state index is 11.7. The minimum atomic E-state index is -0.0404. The van der Waals surface area contributed by atoms with Crippen molar-refractivity contribution in [2.45, 2.75) is 19.3 Å². The van der Waals surface area contributed by atoms with Gasteiger partial charge in [0.05, 0.1) is 38.0 Å². The number of ether oxygens (including phenoxy) is 1. The van der Waals surface area contributed by atoms with Crippen LogP contribution in [0.1, 0.15) is 18.4 Å². The van der Waals surface area contributed by atoms with E-state index in [4.69, 9.17) is 15.3 Å². The van der Waals surface area contributed by atoms with Crippen LogP contribution in [0, 0.1) is 22.7 Å². The molecule has 1 aromatic rings. The summed E-state index contributed by atoms with van der Waals surface area (Å²) in [6, 6.07) is 11.3. The van der Waals surface area contributed by atoms with Gasteiger partial charge < -0.3 is 9.64 Å². The van der Waals surface area contributed by atoms with E-state index in [-0.39, 0.29) is 12.3 Å². The molecule has 0 radical (unpaired) electrons. The van der Waals surface area contributed by atoms with Crippen LogP contribution in [0.25, 0.3) is 0 Å². The third-order valence-electron chi connectivity index (χ3n) is 2.78. The lowest BCUT2D eigenvalue weighted by molar-refractivity contribution is -0.130. The molecule has 0 spiro atoms. The second-order valence-corrected chi connectivity index (χ2v) is 4.30. The first kappa shape index (κ1) is 15.5. The molecule has 0 atom stereocenters. The van der Waals surface area contributed by atoms with Crippen LogP contribution >= 0.6 is 0 Å². The standard InChI is InChI=1S/C15H17N3O2/c1-18(11-2-9-16)15(19)8-12-20-14-5-3-13(4-6-14)7-10-17/h3-6H,2,7-8,11-12H2,1H3. The van der Waals surface area contributed by atoms with Crippen molar-refractivity contribution in [1.29, 1.82) is 10.5 Å². The number of carbonyl (C=O) groups is 1. The van der Waals surface area contributed by atoms with Gasteiger partial charge in [-0.15, -0.1) is 0 Å². The van der Waals surface area contributed by atoms with Crippen LogP contribution in [-0.4, -0.2) is 31.0 Å². The Hall–Kier alpha value is -2.53. The quantitative estimate of drug-likeness (QED) is 0.758. The first-order valence-corrected chi connectivity index (χ1v) is 6.37. The van der Waals surface area contributed by atoms with Crippen LogP contribution in [0.3, 0.4) is 0 Å². The zero-order chi connectivity index (χ0) is 14.8. The molecule has 0 aliphatic carbocycles. The van der Waals surface area contributed by atoms with Crippen LogP contribution in [0.4, 0.5) is 0 Å². The monoisotopic (exact) mass is 271 g/mol. The molecule has 1 rings (SSSR count). The van der Waals surface area contributed by atoms with E-state index in [2.05, 4.69) is 6.07 Å². The smallest absolute Gasteiger partial charge is 0.225 e. The average Bonchev–Trinajstić information content (AvgIpc) is 2.46. The van der Waals surface area contributed by atoms with E-state index in [1.165, 1.54) is 4.90 Å². The number of rotatable bonds is 7. The molecule has 20 heavy (non-hydrogen) atoms. The van der Waals surface area contributed by atoms with Gasteiger partial charge in [-0.3, -0.25) is 4.79 Å². The summed E-state index contributed by atoms with van der Waals surface area (Å²) in [6.45, 7) is 0.742. The van der Waals surface area contributed by atoms with E-state index in [1.807, 2.05) is 18.2 Å². The van der Waals surface area contributed by atoms with Gasteiger partial charge in [-0.1, -0.05) is 12.1 Å². The van der Waals surface area contributed by atoms with Crippen molar-refractivity contribution in [3.05, 3.63) is 29.8 Å². The van der Waals surface area contributed by atoms with Crippen LogP contribution in [0.15, 0.2) is 24.3 Å². The lowest BCUT2D eigenvalue weighted by Gasteiger charge is -2.15. The Morgan fingerprint density at radius 3 is 2.55 bits per heavy atom. The zero-order valence-electron chi connectivity index (χ0n) is 11.5. The van der Waals surface area contributed by atoms with E-state index >= 15 is 0 Å².